The summed E-state index contributed by atoms with van der Waals surface area (Å²) in [5.41, 5.74) is 4.15. The lowest BCUT2D eigenvalue weighted by molar-refractivity contribution is 0.269. The number of halogens is 1. The van der Waals surface area contributed by atoms with Gasteiger partial charge in [-0.15, -0.1) is 24.0 Å². The molecule has 2 fully saturated rings. The predicted molar refractivity (Wildman–Crippen MR) is 145 cm³/mol. The summed E-state index contributed by atoms with van der Waals surface area (Å²) in [6.45, 7) is 8.71. The number of likely N-dealkylation sites (N-methyl/N-ethyl adjacent to an activating group) is 1. The third-order valence-corrected chi connectivity index (χ3v) is 6.66. The van der Waals surface area contributed by atoms with Gasteiger partial charge in [-0.05, 0) is 49.7 Å². The van der Waals surface area contributed by atoms with Crippen LogP contribution in [0.1, 0.15) is 35.4 Å². The van der Waals surface area contributed by atoms with Gasteiger partial charge in [0.25, 0.3) is 0 Å². The number of hydrogen-bond acceptors (Lipinski definition) is 3. The number of benzene rings is 2. The molecule has 2 aromatic rings. The summed E-state index contributed by atoms with van der Waals surface area (Å²) in [6, 6.07) is 20.0. The van der Waals surface area contributed by atoms with Gasteiger partial charge in [0.1, 0.15) is 0 Å². The van der Waals surface area contributed by atoms with Crippen molar-refractivity contribution < 1.29 is 0 Å². The minimum Gasteiger partial charge on any atom is -0.352 e. The number of rotatable bonds is 5. The molecule has 32 heavy (non-hydrogen) atoms. The summed E-state index contributed by atoms with van der Waals surface area (Å²) in [7, 11) is 4.11. The highest BCUT2D eigenvalue weighted by molar-refractivity contribution is 14.0. The fourth-order valence-corrected chi connectivity index (χ4v) is 4.74. The van der Waals surface area contributed by atoms with E-state index in [2.05, 4.69) is 86.7 Å². The summed E-state index contributed by atoms with van der Waals surface area (Å²) >= 11 is 0. The third-order valence-electron chi connectivity index (χ3n) is 6.66. The van der Waals surface area contributed by atoms with E-state index < -0.39 is 0 Å². The van der Waals surface area contributed by atoms with E-state index in [1.165, 1.54) is 49.2 Å². The zero-order valence-electron chi connectivity index (χ0n) is 19.5. The second-order valence-electron chi connectivity index (χ2n) is 8.99. The smallest absolute Gasteiger partial charge is 0.193 e. The lowest BCUT2D eigenvalue weighted by Gasteiger charge is -2.22. The Balaban J connectivity index is 0.00000289. The van der Waals surface area contributed by atoms with Crippen molar-refractivity contribution in [2.24, 2.45) is 4.99 Å². The molecule has 2 aliphatic heterocycles. The Morgan fingerprint density at radius 1 is 0.938 bits per heavy atom. The van der Waals surface area contributed by atoms with Gasteiger partial charge in [0.05, 0.1) is 0 Å². The van der Waals surface area contributed by atoms with E-state index in [1.807, 2.05) is 7.05 Å². The molecular weight excluding hydrogens is 509 g/mol. The van der Waals surface area contributed by atoms with E-state index in [4.69, 9.17) is 0 Å². The summed E-state index contributed by atoms with van der Waals surface area (Å²) in [5, 5.41) is 3.57. The van der Waals surface area contributed by atoms with Gasteiger partial charge in [0.2, 0.25) is 0 Å². The Labute approximate surface area is 210 Å². The van der Waals surface area contributed by atoms with Crippen LogP contribution in [0.4, 0.5) is 0 Å². The van der Waals surface area contributed by atoms with Crippen molar-refractivity contribution in [1.29, 1.82) is 0 Å². The van der Waals surface area contributed by atoms with Crippen LogP contribution in [0.25, 0.3) is 0 Å². The minimum atomic E-state index is 0. The second-order valence-corrected chi connectivity index (χ2v) is 8.99. The maximum atomic E-state index is 4.54. The summed E-state index contributed by atoms with van der Waals surface area (Å²) < 4.78 is 0. The first-order chi connectivity index (χ1) is 15.2. The van der Waals surface area contributed by atoms with Crippen molar-refractivity contribution in [1.82, 2.24) is 20.0 Å². The van der Waals surface area contributed by atoms with Crippen molar-refractivity contribution >= 4 is 29.9 Å². The first kappa shape index (κ1) is 25.0. The molecule has 0 saturated carbocycles. The summed E-state index contributed by atoms with van der Waals surface area (Å²) in [4.78, 5) is 11.9. The maximum absolute atomic E-state index is 4.54. The van der Waals surface area contributed by atoms with Gasteiger partial charge in [0, 0.05) is 52.2 Å². The van der Waals surface area contributed by atoms with E-state index >= 15 is 0 Å². The minimum absolute atomic E-state index is 0. The van der Waals surface area contributed by atoms with Crippen molar-refractivity contribution in [3.8, 4) is 0 Å². The first-order valence-corrected chi connectivity index (χ1v) is 11.7. The third kappa shape index (κ3) is 6.93. The van der Waals surface area contributed by atoms with Crippen LogP contribution < -0.4 is 5.32 Å². The molecular formula is C26H38IN5. The van der Waals surface area contributed by atoms with Crippen molar-refractivity contribution in [2.75, 3.05) is 53.4 Å². The second kappa shape index (κ2) is 12.6. The zero-order valence-corrected chi connectivity index (χ0v) is 21.9. The van der Waals surface area contributed by atoms with Crippen molar-refractivity contribution in [3.63, 3.8) is 0 Å². The first-order valence-electron chi connectivity index (χ1n) is 11.7. The topological polar surface area (TPSA) is 34.1 Å². The highest BCUT2D eigenvalue weighted by Gasteiger charge is 2.25. The lowest BCUT2D eigenvalue weighted by Crippen LogP contribution is -2.39. The molecule has 0 aliphatic carbocycles. The predicted octanol–water partition coefficient (Wildman–Crippen LogP) is 4.01. The maximum Gasteiger partial charge on any atom is 0.193 e. The molecule has 1 atom stereocenters. The van der Waals surface area contributed by atoms with E-state index in [9.17, 15) is 0 Å². The van der Waals surface area contributed by atoms with Crippen LogP contribution in [-0.2, 0) is 13.1 Å². The van der Waals surface area contributed by atoms with Crippen LogP contribution in [0, 0.1) is 0 Å². The van der Waals surface area contributed by atoms with Gasteiger partial charge < -0.3 is 15.1 Å². The zero-order chi connectivity index (χ0) is 21.5. The molecule has 2 aromatic carbocycles. The highest BCUT2D eigenvalue weighted by Crippen LogP contribution is 2.26. The SMILES string of the molecule is CN=C(NCc1ccc(CN2CCCN(C)CC2)cc1)N1CCC(c2ccccc2)C1.I. The standard InChI is InChI=1S/C26H37N5.HI/c1-27-26(31-16-13-25(21-31)24-7-4-3-5-8-24)28-19-22-9-11-23(12-10-22)20-30-15-6-14-29(2)17-18-30;/h3-5,7-12,25H,6,13-21H2,1-2H3,(H,27,28);1H. The summed E-state index contributed by atoms with van der Waals surface area (Å²) in [6.07, 6.45) is 2.45. The molecule has 0 amide bonds. The Kier molecular flexibility index (Phi) is 9.81. The van der Waals surface area contributed by atoms with Gasteiger partial charge in [-0.25, -0.2) is 0 Å². The molecule has 1 unspecified atom stereocenters. The molecule has 2 aliphatic rings. The Hall–Kier alpha value is -1.64. The number of hydrogen-bond donors (Lipinski definition) is 1. The molecule has 0 aromatic heterocycles. The van der Waals surface area contributed by atoms with E-state index in [0.29, 0.717) is 5.92 Å². The van der Waals surface area contributed by atoms with Crippen molar-refractivity contribution in [3.05, 3.63) is 71.3 Å². The van der Waals surface area contributed by atoms with Gasteiger partial charge in [0.15, 0.2) is 5.96 Å². The average Bonchev–Trinajstić information content (AvgIpc) is 3.20. The number of likely N-dealkylation sites (tertiary alicyclic amines) is 1. The normalized spacial score (nSPS) is 20.6. The van der Waals surface area contributed by atoms with Gasteiger partial charge in [-0.3, -0.25) is 9.89 Å². The van der Waals surface area contributed by atoms with Crippen LogP contribution in [0.15, 0.2) is 59.6 Å². The van der Waals surface area contributed by atoms with E-state index in [-0.39, 0.29) is 24.0 Å². The molecule has 174 valence electrons. The average molecular weight is 548 g/mol. The Morgan fingerprint density at radius 2 is 1.69 bits per heavy atom. The molecule has 0 bridgehead atoms. The fraction of sp³-hybridized carbons (Fsp3) is 0.500. The molecule has 2 saturated heterocycles. The molecule has 0 spiro atoms. The number of nitrogens with one attached hydrogen (secondary N) is 1. The molecule has 5 nitrogen and oxygen atoms in total. The number of guanidine groups is 1. The molecule has 1 N–H and O–H groups in total. The van der Waals surface area contributed by atoms with Crippen LogP contribution in [0.3, 0.4) is 0 Å². The van der Waals surface area contributed by atoms with Crippen LogP contribution in [0.5, 0.6) is 0 Å². The monoisotopic (exact) mass is 547 g/mol. The van der Waals surface area contributed by atoms with Crippen molar-refractivity contribution in [2.45, 2.75) is 31.8 Å². The quantitative estimate of drug-likeness (QED) is 0.349. The number of aliphatic imine (C=N–C) groups is 1. The number of nitrogens with zero attached hydrogens (tertiary/aromatic N) is 4. The molecule has 6 heteroatoms. The Morgan fingerprint density at radius 3 is 2.44 bits per heavy atom. The van der Waals surface area contributed by atoms with Crippen LogP contribution >= 0.6 is 24.0 Å². The fourth-order valence-electron chi connectivity index (χ4n) is 4.74. The van der Waals surface area contributed by atoms with Crippen LogP contribution in [0.2, 0.25) is 0 Å². The molecule has 2 heterocycles. The van der Waals surface area contributed by atoms with E-state index in [0.717, 1.165) is 38.7 Å². The lowest BCUT2D eigenvalue weighted by atomic mass is 9.99. The molecule has 0 radical (unpaired) electrons. The Bertz CT molecular complexity index is 839. The highest BCUT2D eigenvalue weighted by atomic mass is 127. The van der Waals surface area contributed by atoms with Gasteiger partial charge in [-0.2, -0.15) is 0 Å². The largest absolute Gasteiger partial charge is 0.352 e. The van der Waals surface area contributed by atoms with Crippen LogP contribution in [-0.4, -0.2) is 74.0 Å². The van der Waals surface area contributed by atoms with Gasteiger partial charge >= 0.3 is 0 Å². The molecule has 4 rings (SSSR count). The summed E-state index contributed by atoms with van der Waals surface area (Å²) in [5.74, 6) is 1.61. The van der Waals surface area contributed by atoms with Gasteiger partial charge in [-0.1, -0.05) is 54.6 Å². The van der Waals surface area contributed by atoms with E-state index in [1.54, 1.807) is 0 Å².